The van der Waals surface area contributed by atoms with Gasteiger partial charge in [-0.15, -0.1) is 24.0 Å². The van der Waals surface area contributed by atoms with Gasteiger partial charge in [0.05, 0.1) is 12.6 Å². The second-order valence-electron chi connectivity index (χ2n) is 4.72. The van der Waals surface area contributed by atoms with Gasteiger partial charge in [-0.05, 0) is 37.1 Å². The monoisotopic (exact) mass is 459 g/mol. The fourth-order valence-corrected chi connectivity index (χ4v) is 2.32. The highest BCUT2D eigenvalue weighted by atomic mass is 127. The molecule has 0 radical (unpaired) electrons. The summed E-state index contributed by atoms with van der Waals surface area (Å²) in [6, 6.07) is 5.04. The number of nitrogens with zero attached hydrogens (tertiary/aromatic N) is 1. The molecule has 0 amide bonds. The van der Waals surface area contributed by atoms with E-state index in [1.165, 1.54) is 0 Å². The lowest BCUT2D eigenvalue weighted by atomic mass is 10.1. The number of nitrogens with one attached hydrogen (secondary N) is 2. The Morgan fingerprint density at radius 1 is 1.18 bits per heavy atom. The molecule has 0 saturated carbocycles. The van der Waals surface area contributed by atoms with Crippen molar-refractivity contribution in [3.05, 3.63) is 33.8 Å². The molecule has 1 rings (SSSR count). The summed E-state index contributed by atoms with van der Waals surface area (Å²) in [5.74, 6) is 0.707. The second-order valence-corrected chi connectivity index (χ2v) is 5.59. The molecule has 0 spiro atoms. The largest absolute Gasteiger partial charge is 0.386 e. The lowest BCUT2D eigenvalue weighted by Crippen LogP contribution is -2.38. The first-order valence-electron chi connectivity index (χ1n) is 7.23. The van der Waals surface area contributed by atoms with Crippen molar-refractivity contribution >= 4 is 53.1 Å². The second kappa shape index (κ2) is 12.2. The van der Waals surface area contributed by atoms with Crippen molar-refractivity contribution < 1.29 is 5.11 Å². The van der Waals surface area contributed by atoms with Crippen LogP contribution >= 0.6 is 47.2 Å². The van der Waals surface area contributed by atoms with Crippen LogP contribution in [-0.2, 0) is 0 Å². The van der Waals surface area contributed by atoms with Gasteiger partial charge in [0.25, 0.3) is 0 Å². The minimum absolute atomic E-state index is 0. The predicted molar refractivity (Wildman–Crippen MR) is 106 cm³/mol. The van der Waals surface area contributed by atoms with Gasteiger partial charge in [-0.2, -0.15) is 0 Å². The molecule has 3 N–H and O–H groups in total. The van der Waals surface area contributed by atoms with Crippen LogP contribution < -0.4 is 10.6 Å². The SMILES string of the molecule is CCCCNC(=NCC(O)c1cc(Cl)cc(Cl)c1)NCC.I. The number of aliphatic imine (C=N–C) groups is 1. The van der Waals surface area contributed by atoms with Gasteiger partial charge in [0.1, 0.15) is 0 Å². The summed E-state index contributed by atoms with van der Waals surface area (Å²) >= 11 is 11.9. The van der Waals surface area contributed by atoms with Crippen LogP contribution in [0.15, 0.2) is 23.2 Å². The number of hydrogen-bond acceptors (Lipinski definition) is 2. The lowest BCUT2D eigenvalue weighted by Gasteiger charge is -2.13. The fraction of sp³-hybridized carbons (Fsp3) is 0.533. The molecule has 0 fully saturated rings. The van der Waals surface area contributed by atoms with E-state index in [1.54, 1.807) is 18.2 Å². The third-order valence-electron chi connectivity index (χ3n) is 2.86. The normalized spacial score (nSPS) is 12.5. The van der Waals surface area contributed by atoms with E-state index in [4.69, 9.17) is 23.2 Å². The minimum atomic E-state index is -0.733. The van der Waals surface area contributed by atoms with E-state index in [9.17, 15) is 5.11 Å². The summed E-state index contributed by atoms with van der Waals surface area (Å²) in [5.41, 5.74) is 0.667. The molecular formula is C15H24Cl2IN3O. The van der Waals surface area contributed by atoms with Gasteiger partial charge < -0.3 is 15.7 Å². The van der Waals surface area contributed by atoms with Crippen molar-refractivity contribution in [3.8, 4) is 0 Å². The van der Waals surface area contributed by atoms with Crippen LogP contribution in [0.2, 0.25) is 10.0 Å². The number of unbranched alkanes of at least 4 members (excludes halogenated alkanes) is 1. The highest BCUT2D eigenvalue weighted by Gasteiger charge is 2.09. The lowest BCUT2D eigenvalue weighted by molar-refractivity contribution is 0.187. The molecule has 0 saturated heterocycles. The number of aliphatic hydroxyl groups excluding tert-OH is 1. The molecule has 0 aliphatic rings. The smallest absolute Gasteiger partial charge is 0.191 e. The first-order valence-corrected chi connectivity index (χ1v) is 7.98. The zero-order valence-electron chi connectivity index (χ0n) is 12.9. The Morgan fingerprint density at radius 3 is 2.36 bits per heavy atom. The molecule has 0 aliphatic carbocycles. The van der Waals surface area contributed by atoms with E-state index >= 15 is 0 Å². The third kappa shape index (κ3) is 8.41. The highest BCUT2D eigenvalue weighted by molar-refractivity contribution is 14.0. The molecule has 0 aromatic heterocycles. The number of guanidine groups is 1. The maximum Gasteiger partial charge on any atom is 0.191 e. The van der Waals surface area contributed by atoms with Crippen molar-refractivity contribution in [1.82, 2.24) is 10.6 Å². The molecule has 1 aromatic carbocycles. The first-order chi connectivity index (χ1) is 10.1. The van der Waals surface area contributed by atoms with Gasteiger partial charge in [0.2, 0.25) is 0 Å². The maximum absolute atomic E-state index is 10.2. The topological polar surface area (TPSA) is 56.7 Å². The van der Waals surface area contributed by atoms with Crippen LogP contribution in [0.5, 0.6) is 0 Å². The summed E-state index contributed by atoms with van der Waals surface area (Å²) in [6.07, 6.45) is 1.47. The summed E-state index contributed by atoms with van der Waals surface area (Å²) < 4.78 is 0. The number of rotatable bonds is 7. The Balaban J connectivity index is 0.00000441. The Bertz CT molecular complexity index is 452. The summed E-state index contributed by atoms with van der Waals surface area (Å²) in [5, 5.41) is 17.6. The van der Waals surface area contributed by atoms with Crippen molar-refractivity contribution in [2.75, 3.05) is 19.6 Å². The molecule has 0 heterocycles. The van der Waals surface area contributed by atoms with E-state index < -0.39 is 6.10 Å². The summed E-state index contributed by atoms with van der Waals surface area (Å²) in [6.45, 7) is 6.03. The Labute approximate surface area is 159 Å². The van der Waals surface area contributed by atoms with E-state index in [-0.39, 0.29) is 30.5 Å². The van der Waals surface area contributed by atoms with Gasteiger partial charge in [-0.1, -0.05) is 36.5 Å². The molecule has 1 atom stereocenters. The molecule has 22 heavy (non-hydrogen) atoms. The Hall–Kier alpha value is -0.240. The standard InChI is InChI=1S/C15H23Cl2N3O.HI/c1-3-5-6-19-15(18-4-2)20-10-14(21)11-7-12(16)9-13(17)8-11;/h7-9,14,21H,3-6,10H2,1-2H3,(H2,18,19,20);1H. The molecule has 1 unspecified atom stereocenters. The number of hydrogen-bond donors (Lipinski definition) is 3. The molecule has 0 aliphatic heterocycles. The highest BCUT2D eigenvalue weighted by Crippen LogP contribution is 2.23. The van der Waals surface area contributed by atoms with Crippen LogP contribution in [0.3, 0.4) is 0 Å². The Morgan fingerprint density at radius 2 is 1.82 bits per heavy atom. The average Bonchev–Trinajstić information content (AvgIpc) is 2.43. The van der Waals surface area contributed by atoms with Crippen LogP contribution in [0.25, 0.3) is 0 Å². The zero-order chi connectivity index (χ0) is 15.7. The van der Waals surface area contributed by atoms with E-state index in [0.717, 1.165) is 25.9 Å². The quantitative estimate of drug-likeness (QED) is 0.250. The van der Waals surface area contributed by atoms with Crippen LogP contribution in [0.4, 0.5) is 0 Å². The van der Waals surface area contributed by atoms with E-state index in [2.05, 4.69) is 22.5 Å². The molecule has 126 valence electrons. The van der Waals surface area contributed by atoms with Gasteiger partial charge in [-0.25, -0.2) is 0 Å². The van der Waals surface area contributed by atoms with Crippen molar-refractivity contribution in [3.63, 3.8) is 0 Å². The fourth-order valence-electron chi connectivity index (χ4n) is 1.78. The number of aliphatic hydroxyl groups is 1. The number of benzene rings is 1. The molecule has 4 nitrogen and oxygen atoms in total. The average molecular weight is 460 g/mol. The predicted octanol–water partition coefficient (Wildman–Crippen LogP) is 4.00. The van der Waals surface area contributed by atoms with Gasteiger partial charge >= 0.3 is 0 Å². The molecular weight excluding hydrogens is 436 g/mol. The van der Waals surface area contributed by atoms with Gasteiger partial charge in [-0.3, -0.25) is 4.99 Å². The maximum atomic E-state index is 10.2. The van der Waals surface area contributed by atoms with Crippen molar-refractivity contribution in [2.45, 2.75) is 32.8 Å². The van der Waals surface area contributed by atoms with Crippen molar-refractivity contribution in [2.24, 2.45) is 4.99 Å². The zero-order valence-corrected chi connectivity index (χ0v) is 16.7. The molecule has 1 aromatic rings. The van der Waals surface area contributed by atoms with Crippen LogP contribution in [0, 0.1) is 0 Å². The van der Waals surface area contributed by atoms with Crippen LogP contribution in [0.1, 0.15) is 38.4 Å². The first kappa shape index (κ1) is 21.8. The minimum Gasteiger partial charge on any atom is -0.386 e. The summed E-state index contributed by atoms with van der Waals surface area (Å²) in [4.78, 5) is 4.38. The van der Waals surface area contributed by atoms with Crippen LogP contribution in [-0.4, -0.2) is 30.7 Å². The van der Waals surface area contributed by atoms with E-state index in [1.807, 2.05) is 6.92 Å². The third-order valence-corrected chi connectivity index (χ3v) is 3.30. The van der Waals surface area contributed by atoms with Crippen molar-refractivity contribution in [1.29, 1.82) is 0 Å². The summed E-state index contributed by atoms with van der Waals surface area (Å²) in [7, 11) is 0. The van der Waals surface area contributed by atoms with E-state index in [0.29, 0.717) is 21.6 Å². The molecule has 7 heteroatoms. The van der Waals surface area contributed by atoms with Gasteiger partial charge in [0.15, 0.2) is 5.96 Å². The Kier molecular flexibility index (Phi) is 12.1. The molecule has 0 bridgehead atoms. The number of halogens is 3. The van der Waals surface area contributed by atoms with Gasteiger partial charge in [0, 0.05) is 23.1 Å².